The molecule has 2 rings (SSSR count). The van der Waals surface area contributed by atoms with Crippen LogP contribution in [0.25, 0.3) is 0 Å². The molecular weight excluding hydrogens is 186 g/mol. The SMILES string of the molecule is COC(=O)[C@@]12CNCCN1C(=O)NC2. The molecule has 0 radical (unpaired) electrons. The third kappa shape index (κ3) is 1.07. The van der Waals surface area contributed by atoms with Crippen molar-refractivity contribution >= 4 is 12.0 Å². The number of hydrogen-bond acceptors (Lipinski definition) is 4. The van der Waals surface area contributed by atoms with Gasteiger partial charge in [-0.3, -0.25) is 0 Å². The molecule has 0 aromatic rings. The molecule has 0 aliphatic carbocycles. The lowest BCUT2D eigenvalue weighted by molar-refractivity contribution is -0.152. The van der Waals surface area contributed by atoms with Crippen molar-refractivity contribution in [3.8, 4) is 0 Å². The molecule has 0 spiro atoms. The standard InChI is InChI=1S/C8H13N3O3/c1-14-6(12)8-4-9-2-3-11(8)7(13)10-5-8/h9H,2-5H2,1H3,(H,10,13)/t8-/m0/s1. The molecule has 0 saturated carbocycles. The summed E-state index contributed by atoms with van der Waals surface area (Å²) >= 11 is 0. The lowest BCUT2D eigenvalue weighted by atomic mass is 9.97. The maximum absolute atomic E-state index is 11.6. The van der Waals surface area contributed by atoms with E-state index in [4.69, 9.17) is 4.74 Å². The van der Waals surface area contributed by atoms with Crippen LogP contribution in [0.3, 0.4) is 0 Å². The zero-order valence-corrected chi connectivity index (χ0v) is 8.00. The number of urea groups is 1. The van der Waals surface area contributed by atoms with Crippen LogP contribution in [0.5, 0.6) is 0 Å². The maximum atomic E-state index is 11.6. The first kappa shape index (κ1) is 9.26. The molecule has 2 N–H and O–H groups in total. The Bertz CT molecular complexity index is 281. The van der Waals surface area contributed by atoms with Gasteiger partial charge in [0.1, 0.15) is 0 Å². The molecule has 2 aliphatic rings. The summed E-state index contributed by atoms with van der Waals surface area (Å²) in [6.07, 6.45) is 0. The topological polar surface area (TPSA) is 70.7 Å². The summed E-state index contributed by atoms with van der Waals surface area (Å²) in [5, 5.41) is 5.76. The van der Waals surface area contributed by atoms with Crippen molar-refractivity contribution in [1.82, 2.24) is 15.5 Å². The highest BCUT2D eigenvalue weighted by Crippen LogP contribution is 2.23. The number of ether oxygens (including phenoxy) is 1. The van der Waals surface area contributed by atoms with Gasteiger partial charge < -0.3 is 20.3 Å². The van der Waals surface area contributed by atoms with Gasteiger partial charge in [0.15, 0.2) is 5.54 Å². The first-order chi connectivity index (χ1) is 6.70. The average Bonchev–Trinajstić information content (AvgIpc) is 2.57. The molecule has 0 aromatic heterocycles. The van der Waals surface area contributed by atoms with Gasteiger partial charge in [0.2, 0.25) is 0 Å². The van der Waals surface area contributed by atoms with Crippen LogP contribution >= 0.6 is 0 Å². The van der Waals surface area contributed by atoms with Gasteiger partial charge in [-0.25, -0.2) is 9.59 Å². The Labute approximate surface area is 81.6 Å². The smallest absolute Gasteiger partial charge is 0.335 e. The molecule has 0 bridgehead atoms. The maximum Gasteiger partial charge on any atom is 0.335 e. The fourth-order valence-electron chi connectivity index (χ4n) is 2.01. The van der Waals surface area contributed by atoms with E-state index in [1.165, 1.54) is 7.11 Å². The van der Waals surface area contributed by atoms with Gasteiger partial charge >= 0.3 is 12.0 Å². The van der Waals surface area contributed by atoms with E-state index in [2.05, 4.69) is 10.6 Å². The fraction of sp³-hybridized carbons (Fsp3) is 0.750. The highest BCUT2D eigenvalue weighted by atomic mass is 16.5. The summed E-state index contributed by atoms with van der Waals surface area (Å²) in [6, 6.07) is -0.183. The molecule has 2 saturated heterocycles. The molecule has 78 valence electrons. The van der Waals surface area contributed by atoms with Crippen LogP contribution in [0.4, 0.5) is 4.79 Å². The molecule has 2 aliphatic heterocycles. The number of rotatable bonds is 1. The van der Waals surface area contributed by atoms with Gasteiger partial charge in [-0.2, -0.15) is 0 Å². The van der Waals surface area contributed by atoms with Gasteiger partial charge in [0.25, 0.3) is 0 Å². The molecule has 0 unspecified atom stereocenters. The Morgan fingerprint density at radius 1 is 1.57 bits per heavy atom. The monoisotopic (exact) mass is 199 g/mol. The second kappa shape index (κ2) is 3.13. The fourth-order valence-corrected chi connectivity index (χ4v) is 2.01. The van der Waals surface area contributed by atoms with Crippen molar-refractivity contribution in [2.24, 2.45) is 0 Å². The Kier molecular flexibility index (Phi) is 2.07. The first-order valence-corrected chi connectivity index (χ1v) is 4.55. The zero-order valence-electron chi connectivity index (χ0n) is 8.00. The number of hydrogen-bond donors (Lipinski definition) is 2. The summed E-state index contributed by atoms with van der Waals surface area (Å²) in [5.74, 6) is -0.358. The lowest BCUT2D eigenvalue weighted by Crippen LogP contribution is -2.64. The lowest BCUT2D eigenvalue weighted by Gasteiger charge is -2.38. The molecule has 6 nitrogen and oxygen atoms in total. The summed E-state index contributed by atoms with van der Waals surface area (Å²) in [6.45, 7) is 2.04. The quantitative estimate of drug-likeness (QED) is 0.506. The molecule has 14 heavy (non-hydrogen) atoms. The minimum Gasteiger partial charge on any atom is -0.467 e. The van der Waals surface area contributed by atoms with Gasteiger partial charge in [-0.1, -0.05) is 0 Å². The number of methoxy groups -OCH3 is 1. The molecule has 6 heteroatoms. The summed E-state index contributed by atoms with van der Waals surface area (Å²) < 4.78 is 4.73. The Balaban J connectivity index is 2.29. The van der Waals surface area contributed by atoms with Crippen molar-refractivity contribution in [2.45, 2.75) is 5.54 Å². The zero-order chi connectivity index (χ0) is 10.2. The van der Waals surface area contributed by atoms with Crippen LogP contribution in [-0.4, -0.2) is 55.7 Å². The van der Waals surface area contributed by atoms with E-state index >= 15 is 0 Å². The minimum atomic E-state index is -0.829. The Hall–Kier alpha value is -1.30. The third-order valence-electron chi connectivity index (χ3n) is 2.79. The minimum absolute atomic E-state index is 0.183. The Morgan fingerprint density at radius 3 is 3.07 bits per heavy atom. The normalized spacial score (nSPS) is 30.9. The number of nitrogens with zero attached hydrogens (tertiary/aromatic N) is 1. The van der Waals surface area contributed by atoms with Gasteiger partial charge in [-0.05, 0) is 0 Å². The second-order valence-corrected chi connectivity index (χ2v) is 3.51. The predicted molar refractivity (Wildman–Crippen MR) is 47.7 cm³/mol. The van der Waals surface area contributed by atoms with Crippen molar-refractivity contribution < 1.29 is 14.3 Å². The van der Waals surface area contributed by atoms with Crippen LogP contribution in [0.2, 0.25) is 0 Å². The van der Waals surface area contributed by atoms with E-state index in [-0.39, 0.29) is 12.0 Å². The highest BCUT2D eigenvalue weighted by molar-refractivity contribution is 5.91. The van der Waals surface area contributed by atoms with E-state index in [1.807, 2.05) is 0 Å². The number of esters is 1. The van der Waals surface area contributed by atoms with Crippen LogP contribution in [-0.2, 0) is 9.53 Å². The van der Waals surface area contributed by atoms with E-state index in [0.29, 0.717) is 26.2 Å². The molecule has 2 amide bonds. The number of carbonyl (C=O) groups excluding carboxylic acids is 2. The van der Waals surface area contributed by atoms with Crippen molar-refractivity contribution in [3.63, 3.8) is 0 Å². The number of nitrogens with one attached hydrogen (secondary N) is 2. The largest absolute Gasteiger partial charge is 0.467 e. The van der Waals surface area contributed by atoms with Gasteiger partial charge in [-0.15, -0.1) is 0 Å². The molecule has 2 fully saturated rings. The average molecular weight is 199 g/mol. The predicted octanol–water partition coefficient (Wildman–Crippen LogP) is -1.47. The van der Waals surface area contributed by atoms with Gasteiger partial charge in [0.05, 0.1) is 13.7 Å². The van der Waals surface area contributed by atoms with Crippen LogP contribution in [0.15, 0.2) is 0 Å². The number of carbonyl (C=O) groups is 2. The highest BCUT2D eigenvalue weighted by Gasteiger charge is 2.53. The number of piperazine rings is 1. The van der Waals surface area contributed by atoms with Crippen LogP contribution in [0.1, 0.15) is 0 Å². The number of fused-ring (bicyclic) bond motifs is 1. The van der Waals surface area contributed by atoms with E-state index in [9.17, 15) is 9.59 Å². The van der Waals surface area contributed by atoms with Crippen LogP contribution in [0, 0.1) is 0 Å². The van der Waals surface area contributed by atoms with Crippen molar-refractivity contribution in [3.05, 3.63) is 0 Å². The second-order valence-electron chi connectivity index (χ2n) is 3.51. The van der Waals surface area contributed by atoms with Crippen LogP contribution < -0.4 is 10.6 Å². The van der Waals surface area contributed by atoms with E-state index in [0.717, 1.165) is 0 Å². The molecule has 1 atom stereocenters. The van der Waals surface area contributed by atoms with E-state index < -0.39 is 5.54 Å². The number of amides is 2. The third-order valence-corrected chi connectivity index (χ3v) is 2.79. The Morgan fingerprint density at radius 2 is 2.36 bits per heavy atom. The molecule has 0 aromatic carbocycles. The van der Waals surface area contributed by atoms with Gasteiger partial charge in [0, 0.05) is 19.6 Å². The first-order valence-electron chi connectivity index (χ1n) is 4.55. The molecular formula is C8H13N3O3. The molecule has 2 heterocycles. The summed E-state index contributed by atoms with van der Waals surface area (Å²) in [4.78, 5) is 24.6. The van der Waals surface area contributed by atoms with E-state index in [1.54, 1.807) is 4.90 Å². The van der Waals surface area contributed by atoms with Crippen molar-refractivity contribution in [1.29, 1.82) is 0 Å². The van der Waals surface area contributed by atoms with Crippen molar-refractivity contribution in [2.75, 3.05) is 33.3 Å². The summed E-state index contributed by atoms with van der Waals surface area (Å²) in [7, 11) is 1.34. The summed E-state index contributed by atoms with van der Waals surface area (Å²) in [5.41, 5.74) is -0.829.